The first-order valence-electron chi connectivity index (χ1n) is 13.6. The maximum atomic E-state index is 14.3. The lowest BCUT2D eigenvalue weighted by Gasteiger charge is -2.33. The predicted molar refractivity (Wildman–Crippen MR) is 143 cm³/mol. The zero-order valence-corrected chi connectivity index (χ0v) is 22.0. The molecular formula is C30H29F2N5O3. The van der Waals surface area contributed by atoms with Gasteiger partial charge in [0.15, 0.2) is 0 Å². The van der Waals surface area contributed by atoms with Gasteiger partial charge in [-0.1, -0.05) is 43.9 Å². The number of carbonyl (C=O) groups is 3. The molecule has 1 spiro atoms. The zero-order valence-electron chi connectivity index (χ0n) is 22.0. The first kappa shape index (κ1) is 26.0. The molecule has 40 heavy (non-hydrogen) atoms. The van der Waals surface area contributed by atoms with Crippen LogP contribution in [0.3, 0.4) is 0 Å². The lowest BCUT2D eigenvalue weighted by Crippen LogP contribution is -2.52. The standard InChI is InChI=1S/C30H29F2N5O3/c1-36(27(38)25-13-20-22(32)11-18(31)12-24(20)34-25)26(10-17-6-2-3-7-17)28(39)37-16-30(14-19(37)15-33)21-8-4-5-9-23(21)35-29(30)40/h4-5,8-9,11-13,17,19,26,34H,2-3,6-7,10,14,16H2,1H3,(H,35,40)/t19-,26-,30-/m0/s1. The van der Waals surface area contributed by atoms with Gasteiger partial charge in [0.1, 0.15) is 29.4 Å². The highest BCUT2D eigenvalue weighted by Gasteiger charge is 2.56. The minimum atomic E-state index is -1.04. The Labute approximate surface area is 229 Å². The second kappa shape index (κ2) is 9.73. The second-order valence-electron chi connectivity index (χ2n) is 11.2. The van der Waals surface area contributed by atoms with E-state index in [4.69, 9.17) is 0 Å². The molecule has 8 nitrogen and oxygen atoms in total. The Kier molecular flexibility index (Phi) is 6.32. The van der Waals surface area contributed by atoms with Crippen molar-refractivity contribution in [1.29, 1.82) is 5.26 Å². The number of nitrogens with zero attached hydrogens (tertiary/aromatic N) is 3. The number of halogens is 2. The summed E-state index contributed by atoms with van der Waals surface area (Å²) in [5.74, 6) is -2.51. The molecule has 1 saturated heterocycles. The van der Waals surface area contributed by atoms with Crippen LogP contribution in [-0.2, 0) is 15.0 Å². The zero-order chi connectivity index (χ0) is 28.2. The van der Waals surface area contributed by atoms with E-state index >= 15 is 0 Å². The number of aromatic amines is 1. The number of fused-ring (bicyclic) bond motifs is 3. The number of amides is 3. The normalized spacial score (nSPS) is 22.9. The number of benzene rings is 2. The smallest absolute Gasteiger partial charge is 0.270 e. The van der Waals surface area contributed by atoms with Gasteiger partial charge in [-0.3, -0.25) is 14.4 Å². The van der Waals surface area contributed by atoms with Gasteiger partial charge < -0.3 is 20.1 Å². The summed E-state index contributed by atoms with van der Waals surface area (Å²) in [6.07, 6.45) is 4.53. The van der Waals surface area contributed by atoms with Gasteiger partial charge >= 0.3 is 0 Å². The maximum Gasteiger partial charge on any atom is 0.270 e. The van der Waals surface area contributed by atoms with E-state index in [0.29, 0.717) is 12.1 Å². The van der Waals surface area contributed by atoms with Crippen molar-refractivity contribution in [2.24, 2.45) is 5.92 Å². The molecule has 206 valence electrons. The Morgan fingerprint density at radius 1 is 1.20 bits per heavy atom. The molecule has 1 saturated carbocycles. The van der Waals surface area contributed by atoms with Gasteiger partial charge in [-0.15, -0.1) is 0 Å². The molecule has 2 N–H and O–H groups in total. The number of nitrogens with one attached hydrogen (secondary N) is 2. The maximum absolute atomic E-state index is 14.3. The Morgan fingerprint density at radius 2 is 1.95 bits per heavy atom. The Bertz CT molecular complexity index is 1570. The molecule has 2 fully saturated rings. The summed E-state index contributed by atoms with van der Waals surface area (Å²) in [6.45, 7) is 0.0347. The van der Waals surface area contributed by atoms with Crippen LogP contribution < -0.4 is 5.32 Å². The number of likely N-dealkylation sites (N-methyl/N-ethyl adjacent to an activating group) is 1. The van der Waals surface area contributed by atoms with E-state index in [1.807, 2.05) is 18.2 Å². The number of likely N-dealkylation sites (tertiary alicyclic amines) is 1. The summed E-state index contributed by atoms with van der Waals surface area (Å²) in [5, 5.41) is 13.0. The number of carbonyl (C=O) groups excluding carboxylic acids is 3. The van der Waals surface area contributed by atoms with Gasteiger partial charge in [0.05, 0.1) is 17.0 Å². The topological polar surface area (TPSA) is 109 Å². The van der Waals surface area contributed by atoms with Crippen LogP contribution in [0.25, 0.3) is 10.9 Å². The number of rotatable bonds is 5. The highest BCUT2D eigenvalue weighted by atomic mass is 19.1. The molecule has 3 aromatic rings. The quantitative estimate of drug-likeness (QED) is 0.493. The molecule has 3 amide bonds. The lowest BCUT2D eigenvalue weighted by molar-refractivity contribution is -0.136. The summed E-state index contributed by atoms with van der Waals surface area (Å²) in [4.78, 5) is 46.7. The van der Waals surface area contributed by atoms with Crippen molar-refractivity contribution in [3.8, 4) is 6.07 Å². The van der Waals surface area contributed by atoms with Crippen LogP contribution in [0.5, 0.6) is 0 Å². The first-order chi connectivity index (χ1) is 19.2. The average Bonchev–Trinajstić information content (AvgIpc) is 3.73. The number of para-hydroxylation sites is 1. The minimum Gasteiger partial charge on any atom is -0.350 e. The van der Waals surface area contributed by atoms with Crippen LogP contribution in [0.2, 0.25) is 0 Å². The van der Waals surface area contributed by atoms with E-state index in [1.165, 1.54) is 22.9 Å². The summed E-state index contributed by atoms with van der Waals surface area (Å²) in [6, 6.07) is 11.0. The molecule has 2 aliphatic heterocycles. The molecule has 1 aliphatic carbocycles. The Balaban J connectivity index is 1.33. The highest BCUT2D eigenvalue weighted by molar-refractivity contribution is 6.07. The number of hydrogen-bond donors (Lipinski definition) is 2. The fourth-order valence-corrected chi connectivity index (χ4v) is 6.77. The van der Waals surface area contributed by atoms with Crippen molar-refractivity contribution in [1.82, 2.24) is 14.8 Å². The minimum absolute atomic E-state index is 0.0324. The first-order valence-corrected chi connectivity index (χ1v) is 13.6. The Morgan fingerprint density at radius 3 is 2.70 bits per heavy atom. The summed E-state index contributed by atoms with van der Waals surface area (Å²) in [7, 11) is 1.52. The van der Waals surface area contributed by atoms with Gasteiger partial charge in [-0.25, -0.2) is 8.78 Å². The second-order valence-corrected chi connectivity index (χ2v) is 11.2. The van der Waals surface area contributed by atoms with Crippen molar-refractivity contribution in [2.45, 2.75) is 56.0 Å². The van der Waals surface area contributed by atoms with Gasteiger partial charge in [-0.2, -0.15) is 5.26 Å². The number of nitriles is 1. The van der Waals surface area contributed by atoms with Crippen LogP contribution in [-0.4, -0.2) is 58.2 Å². The molecule has 6 rings (SSSR count). The summed E-state index contributed by atoms with van der Waals surface area (Å²) < 4.78 is 28.1. The molecule has 0 bridgehead atoms. The van der Waals surface area contributed by atoms with Gasteiger partial charge in [0, 0.05) is 37.2 Å². The van der Waals surface area contributed by atoms with E-state index in [0.717, 1.165) is 43.4 Å². The number of aromatic nitrogens is 1. The van der Waals surface area contributed by atoms with E-state index in [-0.39, 0.29) is 41.4 Å². The van der Waals surface area contributed by atoms with E-state index < -0.39 is 40.9 Å². The SMILES string of the molecule is CN(C(=O)c1cc2c(F)cc(F)cc2[nH]1)[C@@H](CC1CCCC1)C(=O)N1C[C@]2(C[C@H]1C#N)C(=O)Nc1ccccc12. The van der Waals surface area contributed by atoms with Crippen LogP contribution in [0.15, 0.2) is 42.5 Å². The third-order valence-electron chi connectivity index (χ3n) is 8.90. The summed E-state index contributed by atoms with van der Waals surface area (Å²) in [5.41, 5.74) is 0.580. The largest absolute Gasteiger partial charge is 0.350 e. The fourth-order valence-electron chi connectivity index (χ4n) is 6.77. The average molecular weight is 546 g/mol. The van der Waals surface area contributed by atoms with E-state index in [9.17, 15) is 28.4 Å². The van der Waals surface area contributed by atoms with Gasteiger partial charge in [0.25, 0.3) is 5.91 Å². The molecule has 3 atom stereocenters. The van der Waals surface area contributed by atoms with E-state index in [1.54, 1.807) is 6.07 Å². The van der Waals surface area contributed by atoms with Crippen LogP contribution in [0, 0.1) is 28.9 Å². The Hall–Kier alpha value is -4.26. The number of anilines is 1. The van der Waals surface area contributed by atoms with Crippen molar-refractivity contribution in [2.75, 3.05) is 18.9 Å². The number of hydrogen-bond acceptors (Lipinski definition) is 4. The molecule has 3 heterocycles. The molecule has 3 aliphatic rings. The highest BCUT2D eigenvalue weighted by Crippen LogP contribution is 2.46. The fraction of sp³-hybridized carbons (Fsp3) is 0.400. The van der Waals surface area contributed by atoms with Crippen molar-refractivity contribution < 1.29 is 23.2 Å². The van der Waals surface area contributed by atoms with Crippen molar-refractivity contribution in [3.05, 3.63) is 65.4 Å². The molecule has 10 heteroatoms. The monoisotopic (exact) mass is 545 g/mol. The van der Waals surface area contributed by atoms with Crippen LogP contribution in [0.1, 0.15) is 54.6 Å². The van der Waals surface area contributed by atoms with Crippen molar-refractivity contribution in [3.63, 3.8) is 0 Å². The molecule has 1 aromatic heterocycles. The van der Waals surface area contributed by atoms with Crippen LogP contribution >= 0.6 is 0 Å². The third-order valence-corrected chi connectivity index (χ3v) is 8.90. The van der Waals surface area contributed by atoms with Crippen molar-refractivity contribution >= 4 is 34.3 Å². The van der Waals surface area contributed by atoms with E-state index in [2.05, 4.69) is 16.4 Å². The van der Waals surface area contributed by atoms with Crippen LogP contribution in [0.4, 0.5) is 14.5 Å². The predicted octanol–water partition coefficient (Wildman–Crippen LogP) is 4.48. The number of H-pyrrole nitrogens is 1. The molecule has 0 unspecified atom stereocenters. The molecule has 0 radical (unpaired) electrons. The van der Waals surface area contributed by atoms with Gasteiger partial charge in [0.2, 0.25) is 11.8 Å². The molecular weight excluding hydrogens is 516 g/mol. The van der Waals surface area contributed by atoms with Gasteiger partial charge in [-0.05, 0) is 36.1 Å². The summed E-state index contributed by atoms with van der Waals surface area (Å²) >= 11 is 0. The lowest BCUT2D eigenvalue weighted by atomic mass is 9.80. The third kappa shape index (κ3) is 4.12. The molecule has 2 aromatic carbocycles.